The zero-order valence-corrected chi connectivity index (χ0v) is 12.0. The number of aromatic nitrogens is 2. The quantitative estimate of drug-likeness (QED) is 0.529. The Bertz CT molecular complexity index is 555. The van der Waals surface area contributed by atoms with E-state index in [4.69, 9.17) is 28.9 Å². The largest absolute Gasteiger partial charge is 0.398 e. The summed E-state index contributed by atoms with van der Waals surface area (Å²) in [5.41, 5.74) is 7.39. The van der Waals surface area contributed by atoms with E-state index in [9.17, 15) is 0 Å². The van der Waals surface area contributed by atoms with Crippen molar-refractivity contribution >= 4 is 40.7 Å². The van der Waals surface area contributed by atoms with Crippen LogP contribution in [-0.4, -0.2) is 9.97 Å². The van der Waals surface area contributed by atoms with Crippen molar-refractivity contribution in [3.05, 3.63) is 46.0 Å². The summed E-state index contributed by atoms with van der Waals surface area (Å²) in [6.07, 6.45) is 0. The maximum Gasteiger partial charge on any atom is 0.140 e. The van der Waals surface area contributed by atoms with Gasteiger partial charge in [0.2, 0.25) is 0 Å². The Balaban J connectivity index is 2.11. The van der Waals surface area contributed by atoms with Crippen LogP contribution in [0.1, 0.15) is 11.5 Å². The first-order valence-corrected chi connectivity index (χ1v) is 6.96. The number of hydrogen-bond acceptors (Lipinski definition) is 4. The van der Waals surface area contributed by atoms with E-state index in [1.807, 2.05) is 19.1 Å². The van der Waals surface area contributed by atoms with Gasteiger partial charge in [-0.05, 0) is 31.2 Å². The third-order valence-corrected chi connectivity index (χ3v) is 3.71. The second kappa shape index (κ2) is 5.78. The molecule has 0 aliphatic rings. The minimum absolute atomic E-state index is 0.460. The molecule has 0 atom stereocenters. The third-order valence-electron chi connectivity index (χ3n) is 2.20. The standard InChI is InChI=1S/C12H11Cl2N3S/c1-7-4-11(14)17-12(16-7)6-18-10-3-2-8(13)5-9(10)15/h2-5H,6,15H2,1H3. The maximum absolute atomic E-state index is 5.88. The van der Waals surface area contributed by atoms with E-state index < -0.39 is 0 Å². The fourth-order valence-electron chi connectivity index (χ4n) is 1.45. The number of benzene rings is 1. The molecule has 0 aliphatic carbocycles. The molecule has 3 nitrogen and oxygen atoms in total. The smallest absolute Gasteiger partial charge is 0.140 e. The number of anilines is 1. The molecule has 0 saturated carbocycles. The maximum atomic E-state index is 5.88. The van der Waals surface area contributed by atoms with Crippen LogP contribution in [0.3, 0.4) is 0 Å². The van der Waals surface area contributed by atoms with E-state index in [0.29, 0.717) is 27.4 Å². The van der Waals surface area contributed by atoms with E-state index in [1.54, 1.807) is 23.9 Å². The molecule has 0 fully saturated rings. The van der Waals surface area contributed by atoms with Gasteiger partial charge in [-0.3, -0.25) is 0 Å². The highest BCUT2D eigenvalue weighted by Crippen LogP contribution is 2.29. The molecule has 1 aromatic heterocycles. The topological polar surface area (TPSA) is 51.8 Å². The fraction of sp³-hybridized carbons (Fsp3) is 0.167. The average molecular weight is 300 g/mol. The van der Waals surface area contributed by atoms with E-state index >= 15 is 0 Å². The van der Waals surface area contributed by atoms with Gasteiger partial charge in [0.1, 0.15) is 11.0 Å². The molecular weight excluding hydrogens is 289 g/mol. The van der Waals surface area contributed by atoms with E-state index in [1.165, 1.54) is 0 Å². The Hall–Kier alpha value is -0.970. The molecule has 94 valence electrons. The first kappa shape index (κ1) is 13.5. The van der Waals surface area contributed by atoms with Crippen LogP contribution in [-0.2, 0) is 5.75 Å². The Morgan fingerprint density at radius 3 is 2.67 bits per heavy atom. The summed E-state index contributed by atoms with van der Waals surface area (Å²) in [6.45, 7) is 1.89. The molecule has 2 N–H and O–H groups in total. The van der Waals surface area contributed by atoms with Crippen LogP contribution in [0, 0.1) is 6.92 Å². The number of halogens is 2. The van der Waals surface area contributed by atoms with Gasteiger partial charge in [0.25, 0.3) is 0 Å². The Kier molecular flexibility index (Phi) is 4.32. The second-order valence-corrected chi connectivity index (χ2v) is 5.56. The molecule has 0 spiro atoms. The summed E-state index contributed by atoms with van der Waals surface area (Å²) in [5.74, 6) is 1.31. The number of nitrogens with two attached hydrogens (primary N) is 1. The minimum atomic E-state index is 0.460. The van der Waals surface area contributed by atoms with Crippen LogP contribution < -0.4 is 5.73 Å². The molecule has 0 amide bonds. The van der Waals surface area contributed by atoms with Crippen LogP contribution in [0.2, 0.25) is 10.2 Å². The number of thioether (sulfide) groups is 1. The lowest BCUT2D eigenvalue weighted by Gasteiger charge is -2.06. The summed E-state index contributed by atoms with van der Waals surface area (Å²) in [4.78, 5) is 9.43. The zero-order chi connectivity index (χ0) is 13.1. The molecule has 18 heavy (non-hydrogen) atoms. The third kappa shape index (κ3) is 3.51. The number of aryl methyl sites for hydroxylation is 1. The molecule has 0 aliphatic heterocycles. The Morgan fingerprint density at radius 2 is 2.00 bits per heavy atom. The summed E-state index contributed by atoms with van der Waals surface area (Å²) >= 11 is 13.3. The molecule has 1 aromatic carbocycles. The molecular formula is C12H11Cl2N3S. The predicted molar refractivity (Wildman–Crippen MR) is 77.2 cm³/mol. The van der Waals surface area contributed by atoms with Gasteiger partial charge in [-0.1, -0.05) is 23.2 Å². The van der Waals surface area contributed by atoms with Gasteiger partial charge < -0.3 is 5.73 Å². The lowest BCUT2D eigenvalue weighted by Crippen LogP contribution is -1.96. The van der Waals surface area contributed by atoms with Gasteiger partial charge in [0, 0.05) is 21.3 Å². The lowest BCUT2D eigenvalue weighted by molar-refractivity contribution is 0.996. The number of nitrogens with zero attached hydrogens (tertiary/aromatic N) is 2. The summed E-state index contributed by atoms with van der Waals surface area (Å²) in [7, 11) is 0. The van der Waals surface area contributed by atoms with Crippen molar-refractivity contribution in [2.24, 2.45) is 0 Å². The summed E-state index contributed by atoms with van der Waals surface area (Å²) in [5, 5.41) is 1.09. The molecule has 1 heterocycles. The summed E-state index contributed by atoms with van der Waals surface area (Å²) in [6, 6.07) is 7.16. The van der Waals surface area contributed by atoms with E-state index in [2.05, 4.69) is 9.97 Å². The molecule has 0 unspecified atom stereocenters. The number of rotatable bonds is 3. The molecule has 2 rings (SSSR count). The summed E-state index contributed by atoms with van der Waals surface area (Å²) < 4.78 is 0. The molecule has 0 bridgehead atoms. The lowest BCUT2D eigenvalue weighted by atomic mass is 10.3. The highest BCUT2D eigenvalue weighted by molar-refractivity contribution is 7.98. The Morgan fingerprint density at radius 1 is 1.22 bits per heavy atom. The van der Waals surface area contributed by atoms with Gasteiger partial charge in [0.05, 0.1) is 5.75 Å². The predicted octanol–water partition coefficient (Wildman–Crippen LogP) is 3.97. The molecule has 2 aromatic rings. The SMILES string of the molecule is Cc1cc(Cl)nc(CSc2ccc(Cl)cc2N)n1. The highest BCUT2D eigenvalue weighted by atomic mass is 35.5. The van der Waals surface area contributed by atoms with Crippen molar-refractivity contribution in [2.75, 3.05) is 5.73 Å². The fourth-order valence-corrected chi connectivity index (χ4v) is 2.69. The van der Waals surface area contributed by atoms with Crippen molar-refractivity contribution in [2.45, 2.75) is 17.6 Å². The van der Waals surface area contributed by atoms with Gasteiger partial charge in [0.15, 0.2) is 0 Å². The zero-order valence-electron chi connectivity index (χ0n) is 9.65. The van der Waals surface area contributed by atoms with Crippen LogP contribution >= 0.6 is 35.0 Å². The Labute approximate surface area is 120 Å². The van der Waals surface area contributed by atoms with Crippen LogP contribution in [0.25, 0.3) is 0 Å². The van der Waals surface area contributed by atoms with Crippen molar-refractivity contribution < 1.29 is 0 Å². The second-order valence-electron chi connectivity index (χ2n) is 3.72. The van der Waals surface area contributed by atoms with Gasteiger partial charge >= 0.3 is 0 Å². The van der Waals surface area contributed by atoms with Crippen molar-refractivity contribution in [3.8, 4) is 0 Å². The highest BCUT2D eigenvalue weighted by Gasteiger charge is 2.05. The number of hydrogen-bond donors (Lipinski definition) is 1. The van der Waals surface area contributed by atoms with Gasteiger partial charge in [-0.25, -0.2) is 9.97 Å². The van der Waals surface area contributed by atoms with Crippen LogP contribution in [0.15, 0.2) is 29.2 Å². The van der Waals surface area contributed by atoms with Crippen LogP contribution in [0.4, 0.5) is 5.69 Å². The number of nitrogen functional groups attached to an aromatic ring is 1. The normalized spacial score (nSPS) is 10.6. The van der Waals surface area contributed by atoms with Crippen molar-refractivity contribution in [3.63, 3.8) is 0 Å². The molecule has 6 heteroatoms. The first-order valence-electron chi connectivity index (χ1n) is 5.22. The average Bonchev–Trinajstić information content (AvgIpc) is 2.26. The van der Waals surface area contributed by atoms with Crippen molar-refractivity contribution in [1.29, 1.82) is 0 Å². The van der Waals surface area contributed by atoms with E-state index in [0.717, 1.165) is 10.6 Å². The first-order chi connectivity index (χ1) is 8.54. The molecule has 0 radical (unpaired) electrons. The monoisotopic (exact) mass is 299 g/mol. The minimum Gasteiger partial charge on any atom is -0.398 e. The van der Waals surface area contributed by atoms with E-state index in [-0.39, 0.29) is 0 Å². The van der Waals surface area contributed by atoms with Gasteiger partial charge in [-0.2, -0.15) is 0 Å². The van der Waals surface area contributed by atoms with Gasteiger partial charge in [-0.15, -0.1) is 11.8 Å². The van der Waals surface area contributed by atoms with Crippen LogP contribution in [0.5, 0.6) is 0 Å². The molecule has 0 saturated heterocycles. The van der Waals surface area contributed by atoms with Crippen molar-refractivity contribution in [1.82, 2.24) is 9.97 Å².